The average molecular weight is 1040 g/mol. The van der Waals surface area contributed by atoms with Gasteiger partial charge in [0.25, 0.3) is 0 Å². The molecule has 82 heavy (non-hydrogen) atoms. The number of nitriles is 2. The lowest BCUT2D eigenvalue weighted by atomic mass is 10.1. The second kappa shape index (κ2) is 16.5. The Kier molecular flexibility index (Phi) is 8.93. The van der Waals surface area contributed by atoms with Crippen molar-refractivity contribution in [2.45, 2.75) is 0 Å². The normalized spacial score (nSPS) is 12.1. The highest BCUT2D eigenvalue weighted by Crippen LogP contribution is 2.47. The van der Waals surface area contributed by atoms with Crippen LogP contribution < -0.4 is 0 Å². The van der Waals surface area contributed by atoms with Crippen molar-refractivity contribution in [3.63, 3.8) is 0 Å². The van der Waals surface area contributed by atoms with Crippen LogP contribution in [0, 0.1) is 22.7 Å². The van der Waals surface area contributed by atoms with E-state index in [4.69, 9.17) is 4.42 Å². The third kappa shape index (κ3) is 5.86. The summed E-state index contributed by atoms with van der Waals surface area (Å²) in [5, 5.41) is 36.3. The topological polar surface area (TPSA) is 85.4 Å². The number of hydrogen-bond acceptors (Lipinski definition) is 3. The number of para-hydroxylation sites is 7. The minimum absolute atomic E-state index is 0.414. The molecule has 8 heteroatoms. The Morgan fingerprint density at radius 3 is 1.23 bits per heavy atom. The van der Waals surface area contributed by atoms with Gasteiger partial charge in [-0.2, -0.15) is 10.5 Å². The zero-order valence-electron chi connectivity index (χ0n) is 43.7. The van der Waals surface area contributed by atoms with Gasteiger partial charge in [-0.15, -0.1) is 0 Å². The van der Waals surface area contributed by atoms with Crippen molar-refractivity contribution in [3.8, 4) is 40.6 Å². The van der Waals surface area contributed by atoms with E-state index in [1.54, 1.807) is 0 Å². The molecule has 0 amide bonds. The molecule has 0 aliphatic rings. The fourth-order valence-electron chi connectivity index (χ4n) is 14.0. The molecule has 0 aliphatic carbocycles. The Morgan fingerprint density at radius 2 is 0.671 bits per heavy atom. The molecular weight excluding hydrogens is 1000 g/mol. The molecule has 0 radical (unpaired) electrons. The van der Waals surface area contributed by atoms with E-state index in [-0.39, 0.29) is 0 Å². The molecule has 378 valence electrons. The SMILES string of the molecule is N#Cc1cc(-n2c3ccc(-n4c5ccccc5c5ccccc54)cc3c3ccc4c5ccccc5n(-c5ccccc5)c4c32)c(C#N)cc1-n1c2ccc(-n3c4ccccc4c4ccccc43)cc2c2c3oc4ccccc4c3ccc21. The molecular formula is C74H41N7O. The molecule has 0 atom stereocenters. The van der Waals surface area contributed by atoms with Crippen LogP contribution in [0.4, 0.5) is 0 Å². The quantitative estimate of drug-likeness (QED) is 0.172. The van der Waals surface area contributed by atoms with Gasteiger partial charge in [0, 0.05) is 76.3 Å². The maximum atomic E-state index is 11.8. The second-order valence-electron chi connectivity index (χ2n) is 21.4. The molecule has 0 aliphatic heterocycles. The van der Waals surface area contributed by atoms with Gasteiger partial charge in [-0.1, -0.05) is 140 Å². The van der Waals surface area contributed by atoms with Gasteiger partial charge < -0.3 is 27.3 Å². The molecule has 18 rings (SSSR count). The molecule has 0 fully saturated rings. The minimum Gasteiger partial charge on any atom is -0.455 e. The van der Waals surface area contributed by atoms with Gasteiger partial charge in [0.05, 0.1) is 83.1 Å². The van der Waals surface area contributed by atoms with Gasteiger partial charge in [-0.25, -0.2) is 0 Å². The summed E-state index contributed by atoms with van der Waals surface area (Å²) in [4.78, 5) is 0. The van der Waals surface area contributed by atoms with Crippen LogP contribution in [0.5, 0.6) is 0 Å². The van der Waals surface area contributed by atoms with Crippen molar-refractivity contribution in [1.82, 2.24) is 22.8 Å². The van der Waals surface area contributed by atoms with Crippen LogP contribution in [0.1, 0.15) is 11.1 Å². The number of aromatic nitrogens is 5. The number of hydrogen-bond donors (Lipinski definition) is 0. The summed E-state index contributed by atoms with van der Waals surface area (Å²) in [5.74, 6) is 0. The maximum absolute atomic E-state index is 11.8. The van der Waals surface area contributed by atoms with E-state index in [1.807, 2.05) is 36.4 Å². The fraction of sp³-hybridized carbons (Fsp3) is 0. The number of nitrogens with zero attached hydrogens (tertiary/aromatic N) is 7. The third-order valence-electron chi connectivity index (χ3n) is 17.3. The van der Waals surface area contributed by atoms with E-state index >= 15 is 0 Å². The maximum Gasteiger partial charge on any atom is 0.145 e. The lowest BCUT2D eigenvalue weighted by Crippen LogP contribution is -2.05. The predicted octanol–water partition coefficient (Wildman–Crippen LogP) is 18.8. The number of fused-ring (bicyclic) bond motifs is 20. The summed E-state index contributed by atoms with van der Waals surface area (Å²) < 4.78 is 18.3. The second-order valence-corrected chi connectivity index (χ2v) is 21.4. The first-order valence-electron chi connectivity index (χ1n) is 27.5. The molecule has 18 aromatic rings. The van der Waals surface area contributed by atoms with Crippen LogP contribution in [0.3, 0.4) is 0 Å². The lowest BCUT2D eigenvalue weighted by molar-refractivity contribution is 0.673. The van der Waals surface area contributed by atoms with E-state index in [2.05, 4.69) is 247 Å². The summed E-state index contributed by atoms with van der Waals surface area (Å²) in [6, 6.07) is 92.8. The van der Waals surface area contributed by atoms with E-state index in [0.29, 0.717) is 22.5 Å². The molecule has 8 nitrogen and oxygen atoms in total. The summed E-state index contributed by atoms with van der Waals surface area (Å²) in [6.45, 7) is 0. The Labute approximate surface area is 466 Å². The van der Waals surface area contributed by atoms with Crippen LogP contribution >= 0.6 is 0 Å². The van der Waals surface area contributed by atoms with Crippen LogP contribution in [-0.2, 0) is 0 Å². The largest absolute Gasteiger partial charge is 0.455 e. The minimum atomic E-state index is 0.414. The highest BCUT2D eigenvalue weighted by Gasteiger charge is 2.27. The molecule has 0 spiro atoms. The van der Waals surface area contributed by atoms with Crippen LogP contribution in [0.25, 0.3) is 159 Å². The summed E-state index contributed by atoms with van der Waals surface area (Å²) >= 11 is 0. The van der Waals surface area contributed by atoms with Crippen molar-refractivity contribution in [1.29, 1.82) is 10.5 Å². The zero-order chi connectivity index (χ0) is 53.9. The molecule has 6 aromatic heterocycles. The summed E-state index contributed by atoms with van der Waals surface area (Å²) in [6.07, 6.45) is 0. The van der Waals surface area contributed by atoms with Crippen LogP contribution in [-0.4, -0.2) is 22.8 Å². The molecule has 0 N–H and O–H groups in total. The highest BCUT2D eigenvalue weighted by atomic mass is 16.3. The van der Waals surface area contributed by atoms with Crippen molar-refractivity contribution < 1.29 is 4.42 Å². The van der Waals surface area contributed by atoms with Gasteiger partial charge in [0.1, 0.15) is 23.3 Å². The van der Waals surface area contributed by atoms with E-state index < -0.39 is 0 Å². The van der Waals surface area contributed by atoms with Crippen LogP contribution in [0.15, 0.2) is 253 Å². The van der Waals surface area contributed by atoms with Crippen molar-refractivity contribution in [3.05, 3.63) is 260 Å². The standard InChI is InChI=1S/C74H41N7O/c75-42-44-39-69(45(43-76)38-68(44)80-66-36-31-48(78-62-26-12-6-20-51(62)52-21-7-13-27-63(52)78)41-59(66)71-67(80)37-34-57-54-23-9-15-29-70(54)82-74(57)71)81-65-35-30-47(77-60-24-10-4-18-49(60)50-19-5-11-25-61(50)77)40-58(65)56-33-32-55-53-22-8-14-28-64(53)79(72(55)73(56)81)46-16-2-1-3-17-46/h1-41H. The fourth-order valence-corrected chi connectivity index (χ4v) is 14.0. The smallest absolute Gasteiger partial charge is 0.145 e. The Balaban J connectivity index is 0.942. The monoisotopic (exact) mass is 1040 g/mol. The van der Waals surface area contributed by atoms with Crippen LogP contribution in [0.2, 0.25) is 0 Å². The van der Waals surface area contributed by atoms with Crippen molar-refractivity contribution >= 4 is 131 Å². The Morgan fingerprint density at radius 1 is 0.268 bits per heavy atom. The van der Waals surface area contributed by atoms with Gasteiger partial charge in [0.15, 0.2) is 0 Å². The number of benzene rings is 12. The summed E-state index contributed by atoms with van der Waals surface area (Å²) in [7, 11) is 0. The van der Waals surface area contributed by atoms with E-state index in [9.17, 15) is 10.5 Å². The molecule has 0 bridgehead atoms. The predicted molar refractivity (Wildman–Crippen MR) is 335 cm³/mol. The van der Waals surface area contributed by atoms with Gasteiger partial charge in [-0.3, -0.25) is 0 Å². The molecule has 0 saturated carbocycles. The molecule has 12 aromatic carbocycles. The van der Waals surface area contributed by atoms with Crippen molar-refractivity contribution in [2.75, 3.05) is 0 Å². The van der Waals surface area contributed by atoms with E-state index in [0.717, 1.165) is 126 Å². The lowest BCUT2D eigenvalue weighted by Gasteiger charge is -2.17. The van der Waals surface area contributed by atoms with Gasteiger partial charge in [0.2, 0.25) is 0 Å². The Hall–Kier alpha value is -11.6. The number of rotatable bonds is 5. The van der Waals surface area contributed by atoms with E-state index in [1.165, 1.54) is 21.5 Å². The Bertz CT molecular complexity index is 5820. The first-order valence-corrected chi connectivity index (χ1v) is 27.5. The third-order valence-corrected chi connectivity index (χ3v) is 17.3. The van der Waals surface area contributed by atoms with Crippen molar-refractivity contribution in [2.24, 2.45) is 0 Å². The molecule has 6 heterocycles. The van der Waals surface area contributed by atoms with Gasteiger partial charge in [-0.05, 0) is 109 Å². The zero-order valence-corrected chi connectivity index (χ0v) is 43.7. The average Bonchev–Trinajstić information content (AvgIpc) is 2.84. The number of furan rings is 1. The summed E-state index contributed by atoms with van der Waals surface area (Å²) in [5.41, 5.74) is 16.7. The first-order chi connectivity index (χ1) is 40.6. The highest BCUT2D eigenvalue weighted by molar-refractivity contribution is 6.26. The van der Waals surface area contributed by atoms with Gasteiger partial charge >= 0.3 is 0 Å². The first kappa shape index (κ1) is 44.4. The molecule has 0 unspecified atom stereocenters. The molecule has 0 saturated heterocycles.